The van der Waals surface area contributed by atoms with Gasteiger partial charge in [0.25, 0.3) is 0 Å². The van der Waals surface area contributed by atoms with Crippen LogP contribution in [0.4, 0.5) is 0 Å². The topological polar surface area (TPSA) is 18.5 Å². The zero-order chi connectivity index (χ0) is 24.1. The molecule has 3 rings (SSSR count). The summed E-state index contributed by atoms with van der Waals surface area (Å²) in [5.74, 6) is 3.61. The Labute approximate surface area is 201 Å². The van der Waals surface area contributed by atoms with E-state index in [1.807, 2.05) is 6.07 Å². The Morgan fingerprint density at radius 3 is 1.88 bits per heavy atom. The highest BCUT2D eigenvalue weighted by molar-refractivity contribution is 6.90. The lowest BCUT2D eigenvalue weighted by Crippen LogP contribution is -2.43. The highest BCUT2D eigenvalue weighted by Crippen LogP contribution is 2.41. The number of halogens is 1. The smallest absolute Gasteiger partial charge is 0.399 e. The van der Waals surface area contributed by atoms with Crippen LogP contribution < -0.4 is 5.46 Å². The van der Waals surface area contributed by atoms with Crippen molar-refractivity contribution in [1.82, 2.24) is 0 Å². The Morgan fingerprint density at radius 2 is 1.38 bits per heavy atom. The summed E-state index contributed by atoms with van der Waals surface area (Å²) >= 11 is 6.79. The van der Waals surface area contributed by atoms with E-state index in [9.17, 15) is 0 Å². The summed E-state index contributed by atoms with van der Waals surface area (Å²) in [4.78, 5) is 0. The molecule has 1 fully saturated rings. The van der Waals surface area contributed by atoms with E-state index in [2.05, 4.69) is 105 Å². The summed E-state index contributed by atoms with van der Waals surface area (Å²) in [7, 11) is -2.35. The highest BCUT2D eigenvalue weighted by Gasteiger charge is 2.52. The van der Waals surface area contributed by atoms with Crippen LogP contribution in [0.25, 0.3) is 10.8 Å². The number of benzene rings is 2. The van der Waals surface area contributed by atoms with Crippen molar-refractivity contribution in [3.63, 3.8) is 0 Å². The SMILES string of the molecule is CC(C)[Si](C#Cc1c(Cl)ccc2cccc(B3OC(C)(C)C(C)(C)O3)c12)(C(C)C)C(C)C. The number of hydrogen-bond donors (Lipinski definition) is 0. The first kappa shape index (κ1) is 25.4. The summed E-state index contributed by atoms with van der Waals surface area (Å²) < 4.78 is 12.8. The zero-order valence-electron chi connectivity index (χ0n) is 21.4. The van der Waals surface area contributed by atoms with Crippen molar-refractivity contribution in [3.8, 4) is 11.5 Å². The lowest BCUT2D eigenvalue weighted by atomic mass is 9.75. The lowest BCUT2D eigenvalue weighted by molar-refractivity contribution is 0.00578. The molecular weight excluding hydrogens is 431 g/mol. The van der Waals surface area contributed by atoms with Crippen LogP contribution in [0, 0.1) is 11.5 Å². The molecule has 0 radical (unpaired) electrons. The Morgan fingerprint density at radius 1 is 0.844 bits per heavy atom. The van der Waals surface area contributed by atoms with Gasteiger partial charge in [-0.15, -0.1) is 5.54 Å². The first-order chi connectivity index (χ1) is 14.7. The van der Waals surface area contributed by atoms with Crippen LogP contribution in [-0.2, 0) is 9.31 Å². The van der Waals surface area contributed by atoms with Gasteiger partial charge >= 0.3 is 7.12 Å². The van der Waals surface area contributed by atoms with E-state index in [0.29, 0.717) is 21.6 Å². The standard InChI is InChI=1S/C27H38BClO2Si/c1-18(2)32(19(3)4,20(5)6)17-16-22-24(29)15-14-21-12-11-13-23(25(21)22)28-30-26(7,8)27(9,10)31-28/h11-15,18-20H,1-10H3. The summed E-state index contributed by atoms with van der Waals surface area (Å²) in [6, 6.07) is 10.3. The molecule has 1 aliphatic rings. The van der Waals surface area contributed by atoms with Crippen LogP contribution in [0.2, 0.25) is 21.6 Å². The lowest BCUT2D eigenvalue weighted by Gasteiger charge is -2.38. The molecule has 0 N–H and O–H groups in total. The van der Waals surface area contributed by atoms with Crippen molar-refractivity contribution >= 4 is 43.0 Å². The Balaban J connectivity index is 2.25. The number of fused-ring (bicyclic) bond motifs is 1. The number of hydrogen-bond acceptors (Lipinski definition) is 2. The van der Waals surface area contributed by atoms with Crippen molar-refractivity contribution in [3.05, 3.63) is 40.9 Å². The molecule has 1 heterocycles. The van der Waals surface area contributed by atoms with Gasteiger partial charge in [-0.3, -0.25) is 0 Å². The molecule has 0 spiro atoms. The van der Waals surface area contributed by atoms with Crippen molar-refractivity contribution in [2.75, 3.05) is 0 Å². The monoisotopic (exact) mass is 468 g/mol. The average molecular weight is 469 g/mol. The molecule has 2 aromatic carbocycles. The minimum atomic E-state index is -1.90. The predicted octanol–water partition coefficient (Wildman–Crippen LogP) is 7.36. The third-order valence-electron chi connectivity index (χ3n) is 7.80. The molecule has 0 aliphatic carbocycles. The summed E-state index contributed by atoms with van der Waals surface area (Å²) in [5.41, 5.74) is 6.63. The van der Waals surface area contributed by atoms with Gasteiger partial charge in [-0.25, -0.2) is 0 Å². The molecule has 172 valence electrons. The predicted molar refractivity (Wildman–Crippen MR) is 143 cm³/mol. The van der Waals surface area contributed by atoms with Crippen LogP contribution >= 0.6 is 11.6 Å². The van der Waals surface area contributed by atoms with Gasteiger partial charge in [-0.1, -0.05) is 83.3 Å². The molecule has 5 heteroatoms. The maximum Gasteiger partial charge on any atom is 0.495 e. The van der Waals surface area contributed by atoms with Crippen LogP contribution in [-0.4, -0.2) is 26.4 Å². The fraction of sp³-hybridized carbons (Fsp3) is 0.556. The fourth-order valence-electron chi connectivity index (χ4n) is 5.27. The molecule has 0 unspecified atom stereocenters. The zero-order valence-corrected chi connectivity index (χ0v) is 23.1. The quantitative estimate of drug-likeness (QED) is 0.344. The molecule has 32 heavy (non-hydrogen) atoms. The minimum Gasteiger partial charge on any atom is -0.399 e. The molecule has 0 aromatic heterocycles. The summed E-state index contributed by atoms with van der Waals surface area (Å²) in [5, 5.41) is 2.84. The second-order valence-electron chi connectivity index (χ2n) is 11.1. The molecular formula is C27H38BClO2Si. The van der Waals surface area contributed by atoms with E-state index in [1.54, 1.807) is 0 Å². The molecule has 1 saturated heterocycles. The van der Waals surface area contributed by atoms with Crippen LogP contribution in [0.15, 0.2) is 30.3 Å². The van der Waals surface area contributed by atoms with Gasteiger partial charge in [0.05, 0.1) is 21.8 Å². The third-order valence-corrected chi connectivity index (χ3v) is 14.4. The molecule has 0 saturated carbocycles. The van der Waals surface area contributed by atoms with Gasteiger partial charge in [-0.2, -0.15) is 0 Å². The Hall–Kier alpha value is -1.25. The number of rotatable bonds is 4. The van der Waals surface area contributed by atoms with E-state index >= 15 is 0 Å². The molecule has 2 nitrogen and oxygen atoms in total. The van der Waals surface area contributed by atoms with Crippen molar-refractivity contribution in [1.29, 1.82) is 0 Å². The van der Waals surface area contributed by atoms with Gasteiger partial charge in [0.2, 0.25) is 0 Å². The first-order valence-electron chi connectivity index (χ1n) is 11.8. The van der Waals surface area contributed by atoms with Gasteiger partial charge in [0.1, 0.15) is 8.07 Å². The largest absolute Gasteiger partial charge is 0.495 e. The Kier molecular flexibility index (Phi) is 7.01. The summed E-state index contributed by atoms with van der Waals surface area (Å²) in [6.07, 6.45) is 0. The molecule has 0 atom stereocenters. The normalized spacial score (nSPS) is 18.0. The molecule has 2 aromatic rings. The first-order valence-corrected chi connectivity index (χ1v) is 14.5. The van der Waals surface area contributed by atoms with Gasteiger partial charge in [-0.05, 0) is 66.6 Å². The molecule has 0 amide bonds. The fourth-order valence-corrected chi connectivity index (χ4v) is 10.7. The second-order valence-corrected chi connectivity index (χ2v) is 17.1. The highest BCUT2D eigenvalue weighted by atomic mass is 35.5. The van der Waals surface area contributed by atoms with E-state index in [-0.39, 0.29) is 0 Å². The van der Waals surface area contributed by atoms with Gasteiger partial charge in [0.15, 0.2) is 0 Å². The van der Waals surface area contributed by atoms with E-state index in [1.165, 1.54) is 0 Å². The molecule has 1 aliphatic heterocycles. The van der Waals surface area contributed by atoms with E-state index < -0.39 is 26.4 Å². The minimum absolute atomic E-state index is 0.404. The maximum absolute atomic E-state index is 6.79. The molecule has 0 bridgehead atoms. The van der Waals surface area contributed by atoms with Gasteiger partial charge in [0, 0.05) is 0 Å². The van der Waals surface area contributed by atoms with E-state index in [4.69, 9.17) is 20.9 Å². The van der Waals surface area contributed by atoms with Crippen LogP contribution in [0.3, 0.4) is 0 Å². The van der Waals surface area contributed by atoms with Gasteiger partial charge < -0.3 is 9.31 Å². The van der Waals surface area contributed by atoms with Crippen molar-refractivity contribution in [2.45, 2.75) is 97.1 Å². The van der Waals surface area contributed by atoms with Crippen molar-refractivity contribution < 1.29 is 9.31 Å². The maximum atomic E-state index is 6.79. The second kappa shape index (κ2) is 8.84. The summed E-state index contributed by atoms with van der Waals surface area (Å²) in [6.45, 7) is 22.3. The Bertz CT molecular complexity index is 1020. The average Bonchev–Trinajstić information content (AvgIpc) is 2.89. The van der Waals surface area contributed by atoms with Crippen LogP contribution in [0.5, 0.6) is 0 Å². The van der Waals surface area contributed by atoms with E-state index in [0.717, 1.165) is 21.8 Å². The van der Waals surface area contributed by atoms with Crippen LogP contribution in [0.1, 0.15) is 74.8 Å². The van der Waals surface area contributed by atoms with Crippen molar-refractivity contribution in [2.24, 2.45) is 0 Å². The third kappa shape index (κ3) is 4.18.